The topological polar surface area (TPSA) is 69.7 Å². The predicted octanol–water partition coefficient (Wildman–Crippen LogP) is 1.88. The van der Waals surface area contributed by atoms with E-state index in [1.165, 1.54) is 36.4 Å². The van der Waals surface area contributed by atoms with Gasteiger partial charge in [0.2, 0.25) is 10.0 Å². The summed E-state index contributed by atoms with van der Waals surface area (Å²) < 4.78 is 24.8. The number of rotatable bonds is 6. The molecule has 134 valence electrons. The Morgan fingerprint density at radius 3 is 2.43 bits per heavy atom. The van der Waals surface area contributed by atoms with Crippen molar-refractivity contribution in [2.45, 2.75) is 52.0 Å². The van der Waals surface area contributed by atoms with E-state index in [1.807, 2.05) is 11.9 Å². The van der Waals surface area contributed by atoms with Gasteiger partial charge in [0.25, 0.3) is 0 Å². The van der Waals surface area contributed by atoms with Gasteiger partial charge in [-0.25, -0.2) is 17.5 Å². The van der Waals surface area contributed by atoms with Gasteiger partial charge in [-0.1, -0.05) is 19.3 Å². The molecule has 0 spiro atoms. The van der Waals surface area contributed by atoms with Gasteiger partial charge in [-0.3, -0.25) is 0 Å². The molecule has 0 aromatic heterocycles. The van der Waals surface area contributed by atoms with Crippen LogP contribution in [-0.4, -0.2) is 62.1 Å². The monoisotopic (exact) mass is 345 g/mol. The largest absolute Gasteiger partial charge is 0.338 e. The molecule has 0 radical (unpaired) electrons. The molecule has 0 aromatic carbocycles. The fraction of sp³-hybridized carbons (Fsp3) is 0.938. The molecule has 0 aromatic rings. The number of sulfonamides is 1. The molecule has 2 aliphatic rings. The summed E-state index contributed by atoms with van der Waals surface area (Å²) >= 11 is 0. The van der Waals surface area contributed by atoms with E-state index in [0.29, 0.717) is 25.6 Å². The third-order valence-electron chi connectivity index (χ3n) is 5.49. The first-order valence-electron chi connectivity index (χ1n) is 8.83. The second kappa shape index (κ2) is 7.83. The molecular weight excluding hydrogens is 314 g/mol. The molecular formula is C16H31N3O3S. The summed E-state index contributed by atoms with van der Waals surface area (Å²) in [5.41, 5.74) is 0. The number of urea groups is 1. The zero-order chi connectivity index (χ0) is 17.0. The van der Waals surface area contributed by atoms with Crippen LogP contribution >= 0.6 is 0 Å². The standard InChI is InChI=1S/C16H31N3O3S/c1-4-23(21,22)19-11-14(12-19)10-17-16(20)18(3)13(2)15-8-6-5-7-9-15/h13-15H,4-12H2,1-3H3,(H,17,20)/t13-/m1/s1. The molecule has 1 atom stereocenters. The smallest absolute Gasteiger partial charge is 0.317 e. The van der Waals surface area contributed by atoms with Gasteiger partial charge in [0.05, 0.1) is 5.75 Å². The van der Waals surface area contributed by atoms with Crippen molar-refractivity contribution >= 4 is 16.1 Å². The van der Waals surface area contributed by atoms with Crippen LogP contribution in [0.3, 0.4) is 0 Å². The summed E-state index contributed by atoms with van der Waals surface area (Å²) in [6.45, 7) is 5.40. The Balaban J connectivity index is 1.71. The minimum absolute atomic E-state index is 0.0418. The van der Waals surface area contributed by atoms with E-state index in [4.69, 9.17) is 0 Å². The van der Waals surface area contributed by atoms with E-state index in [9.17, 15) is 13.2 Å². The summed E-state index contributed by atoms with van der Waals surface area (Å²) in [7, 11) is -1.20. The van der Waals surface area contributed by atoms with Crippen molar-refractivity contribution in [3.8, 4) is 0 Å². The molecule has 0 unspecified atom stereocenters. The Morgan fingerprint density at radius 2 is 1.87 bits per heavy atom. The van der Waals surface area contributed by atoms with E-state index in [0.717, 1.165) is 0 Å². The van der Waals surface area contributed by atoms with Crippen LogP contribution in [0.4, 0.5) is 4.79 Å². The van der Waals surface area contributed by atoms with Gasteiger partial charge in [-0.05, 0) is 32.6 Å². The molecule has 7 heteroatoms. The molecule has 1 saturated heterocycles. The molecule has 1 heterocycles. The molecule has 2 amide bonds. The van der Waals surface area contributed by atoms with Gasteiger partial charge in [-0.2, -0.15) is 0 Å². The highest BCUT2D eigenvalue weighted by atomic mass is 32.2. The second-order valence-electron chi connectivity index (χ2n) is 7.02. The normalized spacial score (nSPS) is 22.4. The van der Waals surface area contributed by atoms with Crippen LogP contribution in [0.5, 0.6) is 0 Å². The fourth-order valence-corrected chi connectivity index (χ4v) is 4.78. The third kappa shape index (κ3) is 4.59. The van der Waals surface area contributed by atoms with Gasteiger partial charge in [0.1, 0.15) is 0 Å². The van der Waals surface area contributed by atoms with Gasteiger partial charge in [0.15, 0.2) is 0 Å². The summed E-state index contributed by atoms with van der Waals surface area (Å²) in [5, 5.41) is 2.96. The Morgan fingerprint density at radius 1 is 1.26 bits per heavy atom. The Kier molecular flexibility index (Phi) is 6.31. The van der Waals surface area contributed by atoms with Crippen LogP contribution in [-0.2, 0) is 10.0 Å². The van der Waals surface area contributed by atoms with Crippen molar-refractivity contribution in [2.24, 2.45) is 11.8 Å². The molecule has 23 heavy (non-hydrogen) atoms. The number of nitrogens with one attached hydrogen (secondary N) is 1. The number of nitrogens with zero attached hydrogens (tertiary/aromatic N) is 2. The van der Waals surface area contributed by atoms with E-state index < -0.39 is 10.0 Å². The quantitative estimate of drug-likeness (QED) is 0.799. The first-order valence-corrected chi connectivity index (χ1v) is 10.4. The lowest BCUT2D eigenvalue weighted by Gasteiger charge is -2.39. The zero-order valence-electron chi connectivity index (χ0n) is 14.6. The maximum absolute atomic E-state index is 12.3. The van der Waals surface area contributed by atoms with Crippen LogP contribution in [0.2, 0.25) is 0 Å². The van der Waals surface area contributed by atoms with Crippen LogP contribution < -0.4 is 5.32 Å². The van der Waals surface area contributed by atoms with E-state index in [1.54, 1.807) is 6.92 Å². The molecule has 1 aliphatic heterocycles. The second-order valence-corrected chi connectivity index (χ2v) is 9.28. The maximum Gasteiger partial charge on any atom is 0.317 e. The van der Waals surface area contributed by atoms with E-state index in [-0.39, 0.29) is 23.7 Å². The first kappa shape index (κ1) is 18.5. The summed E-state index contributed by atoms with van der Waals surface area (Å²) in [6, 6.07) is 0.216. The van der Waals surface area contributed by atoms with Crippen molar-refractivity contribution in [2.75, 3.05) is 32.4 Å². The Hall–Kier alpha value is -0.820. The van der Waals surface area contributed by atoms with Gasteiger partial charge >= 0.3 is 6.03 Å². The van der Waals surface area contributed by atoms with E-state index >= 15 is 0 Å². The minimum atomic E-state index is -3.07. The summed E-state index contributed by atoms with van der Waals surface area (Å²) in [4.78, 5) is 14.1. The summed E-state index contributed by atoms with van der Waals surface area (Å²) in [5.74, 6) is 0.986. The van der Waals surface area contributed by atoms with Crippen molar-refractivity contribution in [3.63, 3.8) is 0 Å². The number of carbonyl (C=O) groups is 1. The molecule has 2 rings (SSSR count). The lowest BCUT2D eigenvalue weighted by Crippen LogP contribution is -2.55. The number of amides is 2. The highest BCUT2D eigenvalue weighted by Crippen LogP contribution is 2.28. The molecule has 1 N–H and O–H groups in total. The van der Waals surface area contributed by atoms with Gasteiger partial charge < -0.3 is 10.2 Å². The van der Waals surface area contributed by atoms with Crippen molar-refractivity contribution in [1.29, 1.82) is 0 Å². The Labute approximate surface area is 140 Å². The predicted molar refractivity (Wildman–Crippen MR) is 91.7 cm³/mol. The molecule has 1 aliphatic carbocycles. The zero-order valence-corrected chi connectivity index (χ0v) is 15.4. The minimum Gasteiger partial charge on any atom is -0.338 e. The number of hydrogen-bond acceptors (Lipinski definition) is 3. The van der Waals surface area contributed by atoms with Crippen molar-refractivity contribution in [3.05, 3.63) is 0 Å². The molecule has 6 nitrogen and oxygen atoms in total. The van der Waals surface area contributed by atoms with Gasteiger partial charge in [-0.15, -0.1) is 0 Å². The fourth-order valence-electron chi connectivity index (χ4n) is 3.54. The lowest BCUT2D eigenvalue weighted by atomic mass is 9.84. The molecule has 1 saturated carbocycles. The van der Waals surface area contributed by atoms with Crippen molar-refractivity contribution < 1.29 is 13.2 Å². The molecule has 0 bridgehead atoms. The molecule has 2 fully saturated rings. The first-order chi connectivity index (χ1) is 10.8. The van der Waals surface area contributed by atoms with Crippen LogP contribution in [0.25, 0.3) is 0 Å². The van der Waals surface area contributed by atoms with Crippen molar-refractivity contribution in [1.82, 2.24) is 14.5 Å². The Bertz CT molecular complexity index is 497. The highest BCUT2D eigenvalue weighted by molar-refractivity contribution is 7.89. The highest BCUT2D eigenvalue weighted by Gasteiger charge is 2.35. The summed E-state index contributed by atoms with van der Waals surface area (Å²) in [6.07, 6.45) is 6.29. The van der Waals surface area contributed by atoms with E-state index in [2.05, 4.69) is 12.2 Å². The van der Waals surface area contributed by atoms with Crippen LogP contribution in [0.15, 0.2) is 0 Å². The lowest BCUT2D eigenvalue weighted by molar-refractivity contribution is 0.148. The van der Waals surface area contributed by atoms with Gasteiger partial charge in [0, 0.05) is 38.6 Å². The third-order valence-corrected chi connectivity index (χ3v) is 7.30. The average Bonchev–Trinajstić information content (AvgIpc) is 2.52. The van der Waals surface area contributed by atoms with Crippen LogP contribution in [0.1, 0.15) is 46.0 Å². The average molecular weight is 346 g/mol. The number of carbonyl (C=O) groups excluding carboxylic acids is 1. The van der Waals surface area contributed by atoms with Crippen LogP contribution in [0, 0.1) is 11.8 Å². The SMILES string of the molecule is CCS(=O)(=O)N1CC(CNC(=O)N(C)[C@H](C)C2CCCCC2)C1. The number of hydrogen-bond donors (Lipinski definition) is 1. The maximum atomic E-state index is 12.3.